The molecule has 3 N–H and O–H groups in total. The Hall–Kier alpha value is -2.17. The Morgan fingerprint density at radius 1 is 1.47 bits per heavy atom. The molecular weight excluding hydrogens is 240 g/mol. The molecule has 1 aliphatic rings. The summed E-state index contributed by atoms with van der Waals surface area (Å²) in [5.74, 6) is 0.895. The minimum Gasteiger partial charge on any atom is -0.366 e. The van der Waals surface area contributed by atoms with E-state index in [4.69, 9.17) is 5.73 Å². The van der Waals surface area contributed by atoms with E-state index in [0.717, 1.165) is 16.8 Å². The topological polar surface area (TPSA) is 80.9 Å². The van der Waals surface area contributed by atoms with Crippen LogP contribution < -0.4 is 11.1 Å². The molecule has 1 fully saturated rings. The fraction of sp³-hybridized carbons (Fsp3) is 0.357. The molecule has 1 aromatic carbocycles. The minimum absolute atomic E-state index is 0.386. The number of carbonyl (C=O) groups excluding carboxylic acids is 1. The molecule has 0 unspecified atom stereocenters. The number of hydrogen-bond acceptors (Lipinski definition) is 4. The second-order valence-electron chi connectivity index (χ2n) is 5.10. The Balaban J connectivity index is 1.91. The van der Waals surface area contributed by atoms with E-state index in [1.165, 1.54) is 12.8 Å². The molecule has 3 rings (SSSR count). The molecule has 5 heteroatoms. The number of rotatable bonds is 4. The fourth-order valence-corrected chi connectivity index (χ4v) is 2.16. The van der Waals surface area contributed by atoms with Gasteiger partial charge in [-0.25, -0.2) is 9.97 Å². The lowest BCUT2D eigenvalue weighted by atomic mass is 10.1. The van der Waals surface area contributed by atoms with Crippen LogP contribution in [0.1, 0.15) is 30.1 Å². The second kappa shape index (κ2) is 4.50. The Morgan fingerprint density at radius 2 is 2.26 bits per heavy atom. The van der Waals surface area contributed by atoms with Crippen LogP contribution in [0.15, 0.2) is 24.4 Å². The van der Waals surface area contributed by atoms with Crippen LogP contribution in [0.4, 0.5) is 5.95 Å². The van der Waals surface area contributed by atoms with Crippen molar-refractivity contribution >= 4 is 22.8 Å². The standard InChI is InChI=1S/C14H16N4O/c1-8(9-2-3-9)17-14-16-7-11-5-4-10(13(15)19)6-12(11)18-14/h4-9H,2-3H2,1H3,(H2,15,19)(H,16,17,18)/t8-/m1/s1. The molecule has 1 saturated carbocycles. The van der Waals surface area contributed by atoms with Gasteiger partial charge in [-0.15, -0.1) is 0 Å². The van der Waals surface area contributed by atoms with Gasteiger partial charge in [0.05, 0.1) is 5.52 Å². The highest BCUT2D eigenvalue weighted by Gasteiger charge is 2.28. The summed E-state index contributed by atoms with van der Waals surface area (Å²) in [7, 11) is 0. The highest BCUT2D eigenvalue weighted by Crippen LogP contribution is 2.33. The first kappa shape index (κ1) is 11.9. The Kier molecular flexibility index (Phi) is 2.81. The van der Waals surface area contributed by atoms with Gasteiger partial charge in [0, 0.05) is 23.2 Å². The molecule has 0 radical (unpaired) electrons. The van der Waals surface area contributed by atoms with Gasteiger partial charge in [-0.1, -0.05) is 6.07 Å². The molecular formula is C14H16N4O. The number of benzene rings is 1. The molecule has 98 valence electrons. The number of hydrogen-bond donors (Lipinski definition) is 2. The van der Waals surface area contributed by atoms with Gasteiger partial charge in [-0.3, -0.25) is 4.79 Å². The van der Waals surface area contributed by atoms with Crippen molar-refractivity contribution in [3.05, 3.63) is 30.0 Å². The molecule has 0 spiro atoms. The molecule has 2 aromatic rings. The van der Waals surface area contributed by atoms with E-state index in [0.29, 0.717) is 17.6 Å². The molecule has 0 bridgehead atoms. The van der Waals surface area contributed by atoms with E-state index in [-0.39, 0.29) is 0 Å². The third-order valence-corrected chi connectivity index (χ3v) is 3.55. The van der Waals surface area contributed by atoms with Gasteiger partial charge in [-0.2, -0.15) is 0 Å². The van der Waals surface area contributed by atoms with E-state index in [2.05, 4.69) is 22.2 Å². The average molecular weight is 256 g/mol. The third-order valence-electron chi connectivity index (χ3n) is 3.55. The molecule has 1 atom stereocenters. The fourth-order valence-electron chi connectivity index (χ4n) is 2.16. The number of primary amides is 1. The zero-order valence-corrected chi connectivity index (χ0v) is 10.8. The minimum atomic E-state index is -0.443. The second-order valence-corrected chi connectivity index (χ2v) is 5.10. The zero-order chi connectivity index (χ0) is 13.4. The first-order chi connectivity index (χ1) is 9.13. The van der Waals surface area contributed by atoms with Crippen molar-refractivity contribution in [1.82, 2.24) is 9.97 Å². The zero-order valence-electron chi connectivity index (χ0n) is 10.8. The van der Waals surface area contributed by atoms with E-state index in [9.17, 15) is 4.79 Å². The van der Waals surface area contributed by atoms with E-state index in [1.807, 2.05) is 6.07 Å². The molecule has 1 amide bonds. The SMILES string of the molecule is C[C@@H](Nc1ncc2ccc(C(N)=O)cc2n1)C1CC1. The summed E-state index contributed by atoms with van der Waals surface area (Å²) in [5, 5.41) is 4.20. The smallest absolute Gasteiger partial charge is 0.248 e. The van der Waals surface area contributed by atoms with Crippen LogP contribution in [0, 0.1) is 5.92 Å². The van der Waals surface area contributed by atoms with Gasteiger partial charge in [0.2, 0.25) is 11.9 Å². The summed E-state index contributed by atoms with van der Waals surface area (Å²) in [6.45, 7) is 2.14. The Labute approximate surface area is 111 Å². The number of nitrogens with two attached hydrogens (primary N) is 1. The quantitative estimate of drug-likeness (QED) is 0.876. The van der Waals surface area contributed by atoms with Crippen LogP contribution in [-0.4, -0.2) is 21.9 Å². The lowest BCUT2D eigenvalue weighted by Crippen LogP contribution is -2.19. The van der Waals surface area contributed by atoms with Gasteiger partial charge in [-0.05, 0) is 37.8 Å². The third kappa shape index (κ3) is 2.50. The molecule has 0 saturated heterocycles. The van der Waals surface area contributed by atoms with Crippen LogP contribution in [0.2, 0.25) is 0 Å². The van der Waals surface area contributed by atoms with Crippen molar-refractivity contribution in [3.8, 4) is 0 Å². The lowest BCUT2D eigenvalue weighted by Gasteiger charge is -2.12. The van der Waals surface area contributed by atoms with Crippen LogP contribution in [0.3, 0.4) is 0 Å². The highest BCUT2D eigenvalue weighted by molar-refractivity contribution is 5.96. The lowest BCUT2D eigenvalue weighted by molar-refractivity contribution is 0.100. The maximum atomic E-state index is 11.2. The monoisotopic (exact) mass is 256 g/mol. The largest absolute Gasteiger partial charge is 0.366 e. The molecule has 1 aromatic heterocycles. The van der Waals surface area contributed by atoms with Crippen molar-refractivity contribution in [2.24, 2.45) is 11.7 Å². The van der Waals surface area contributed by atoms with Crippen molar-refractivity contribution in [3.63, 3.8) is 0 Å². The normalized spacial score (nSPS) is 16.3. The summed E-state index contributed by atoms with van der Waals surface area (Å²) in [4.78, 5) is 19.9. The van der Waals surface area contributed by atoms with Gasteiger partial charge in [0.15, 0.2) is 0 Å². The van der Waals surface area contributed by atoms with Crippen molar-refractivity contribution in [2.45, 2.75) is 25.8 Å². The predicted octanol–water partition coefficient (Wildman–Crippen LogP) is 1.94. The maximum Gasteiger partial charge on any atom is 0.248 e. The van der Waals surface area contributed by atoms with Crippen molar-refractivity contribution in [1.29, 1.82) is 0 Å². The summed E-state index contributed by atoms with van der Waals surface area (Å²) < 4.78 is 0. The summed E-state index contributed by atoms with van der Waals surface area (Å²) in [5.41, 5.74) is 6.47. The number of amides is 1. The van der Waals surface area contributed by atoms with E-state index >= 15 is 0 Å². The van der Waals surface area contributed by atoms with Gasteiger partial charge >= 0.3 is 0 Å². The Morgan fingerprint density at radius 3 is 2.95 bits per heavy atom. The predicted molar refractivity (Wildman–Crippen MR) is 73.9 cm³/mol. The number of aromatic nitrogens is 2. The molecule has 1 aliphatic carbocycles. The van der Waals surface area contributed by atoms with Crippen LogP contribution in [0.25, 0.3) is 10.9 Å². The van der Waals surface area contributed by atoms with Crippen LogP contribution in [-0.2, 0) is 0 Å². The highest BCUT2D eigenvalue weighted by atomic mass is 16.1. The summed E-state index contributed by atoms with van der Waals surface area (Å²) >= 11 is 0. The maximum absolute atomic E-state index is 11.2. The van der Waals surface area contributed by atoms with Gasteiger partial charge in [0.1, 0.15) is 0 Å². The molecule has 5 nitrogen and oxygen atoms in total. The van der Waals surface area contributed by atoms with Crippen molar-refractivity contribution in [2.75, 3.05) is 5.32 Å². The summed E-state index contributed by atoms with van der Waals surface area (Å²) in [6.07, 6.45) is 4.30. The molecule has 1 heterocycles. The summed E-state index contributed by atoms with van der Waals surface area (Å²) in [6, 6.07) is 5.58. The number of nitrogens with zero attached hydrogens (tertiary/aromatic N) is 2. The van der Waals surface area contributed by atoms with Crippen LogP contribution >= 0.6 is 0 Å². The molecule has 19 heavy (non-hydrogen) atoms. The first-order valence-corrected chi connectivity index (χ1v) is 6.46. The number of nitrogens with one attached hydrogen (secondary N) is 1. The number of anilines is 1. The van der Waals surface area contributed by atoms with E-state index < -0.39 is 5.91 Å². The Bertz CT molecular complexity index is 636. The van der Waals surface area contributed by atoms with Gasteiger partial charge < -0.3 is 11.1 Å². The average Bonchev–Trinajstić information content (AvgIpc) is 3.22. The van der Waals surface area contributed by atoms with E-state index in [1.54, 1.807) is 18.3 Å². The molecule has 0 aliphatic heterocycles. The first-order valence-electron chi connectivity index (χ1n) is 6.46. The number of fused-ring (bicyclic) bond motifs is 1. The van der Waals surface area contributed by atoms with Crippen LogP contribution in [0.5, 0.6) is 0 Å². The van der Waals surface area contributed by atoms with Crippen molar-refractivity contribution < 1.29 is 4.79 Å². The van der Waals surface area contributed by atoms with Gasteiger partial charge in [0.25, 0.3) is 0 Å². The number of carbonyl (C=O) groups is 1.